The Bertz CT molecular complexity index is 780. The Morgan fingerprint density at radius 2 is 1.36 bits per heavy atom. The highest BCUT2D eigenvalue weighted by atomic mass is 16.5. The van der Waals surface area contributed by atoms with Gasteiger partial charge in [-0.05, 0) is 30.3 Å². The molecule has 4 nitrogen and oxygen atoms in total. The number of para-hydroxylation sites is 3. The van der Waals surface area contributed by atoms with Gasteiger partial charge in [-0.1, -0.05) is 54.6 Å². The Morgan fingerprint density at radius 3 is 1.92 bits per heavy atom. The summed E-state index contributed by atoms with van der Waals surface area (Å²) in [6.07, 6.45) is 0.236. The fourth-order valence-electron chi connectivity index (χ4n) is 2.62. The number of hydrogen-bond donors (Lipinski definition) is 1. The second-order valence-corrected chi connectivity index (χ2v) is 5.53. The molecule has 25 heavy (non-hydrogen) atoms. The molecule has 0 spiro atoms. The predicted molar refractivity (Wildman–Crippen MR) is 99.9 cm³/mol. The third-order valence-corrected chi connectivity index (χ3v) is 3.81. The molecule has 0 radical (unpaired) electrons. The molecule has 4 heteroatoms. The molecule has 126 valence electrons. The summed E-state index contributed by atoms with van der Waals surface area (Å²) in [5.41, 5.74) is 5.62. The van der Waals surface area contributed by atoms with Crippen molar-refractivity contribution in [3.8, 4) is 5.75 Å². The van der Waals surface area contributed by atoms with E-state index in [-0.39, 0.29) is 12.3 Å². The molecule has 0 atom stereocenters. The zero-order valence-corrected chi connectivity index (χ0v) is 14.1. The monoisotopic (exact) mass is 332 g/mol. The number of nitrogens with one attached hydrogen (secondary N) is 1. The summed E-state index contributed by atoms with van der Waals surface area (Å²) in [5, 5.41) is 1.79. The van der Waals surface area contributed by atoms with Crippen molar-refractivity contribution >= 4 is 17.3 Å². The third-order valence-electron chi connectivity index (χ3n) is 3.81. The molecule has 0 saturated carbocycles. The molecule has 0 aliphatic carbocycles. The normalized spacial score (nSPS) is 10.1. The van der Waals surface area contributed by atoms with Crippen molar-refractivity contribution in [3.63, 3.8) is 0 Å². The highest BCUT2D eigenvalue weighted by molar-refractivity contribution is 5.83. The first-order chi connectivity index (χ1) is 12.3. The van der Waals surface area contributed by atoms with E-state index in [0.717, 1.165) is 16.9 Å². The quantitative estimate of drug-likeness (QED) is 0.691. The van der Waals surface area contributed by atoms with Gasteiger partial charge in [-0.25, -0.2) is 0 Å². The average Bonchev–Trinajstić information content (AvgIpc) is 2.68. The number of benzene rings is 3. The van der Waals surface area contributed by atoms with Crippen molar-refractivity contribution in [2.45, 2.75) is 6.42 Å². The van der Waals surface area contributed by atoms with Crippen LogP contribution in [0.1, 0.15) is 5.56 Å². The number of carbonyl (C=O) groups is 1. The lowest BCUT2D eigenvalue weighted by molar-refractivity contribution is -0.120. The van der Waals surface area contributed by atoms with Crippen LogP contribution < -0.4 is 15.2 Å². The van der Waals surface area contributed by atoms with Gasteiger partial charge in [0.25, 0.3) is 0 Å². The van der Waals surface area contributed by atoms with E-state index in [1.165, 1.54) is 0 Å². The molecule has 3 rings (SSSR count). The molecule has 0 unspecified atom stereocenters. The summed E-state index contributed by atoms with van der Waals surface area (Å²) < 4.78 is 5.33. The van der Waals surface area contributed by atoms with E-state index in [2.05, 4.69) is 5.43 Å². The highest BCUT2D eigenvalue weighted by Crippen LogP contribution is 2.23. The van der Waals surface area contributed by atoms with E-state index in [9.17, 15) is 4.79 Å². The Hall–Kier alpha value is -3.27. The van der Waals surface area contributed by atoms with Gasteiger partial charge in [0.2, 0.25) is 5.91 Å². The van der Waals surface area contributed by atoms with Gasteiger partial charge in [0.1, 0.15) is 5.75 Å². The number of hydrogen-bond acceptors (Lipinski definition) is 3. The van der Waals surface area contributed by atoms with Crippen molar-refractivity contribution in [1.29, 1.82) is 0 Å². The molecular formula is C21H20N2O2. The maximum Gasteiger partial charge on any atom is 0.243 e. The van der Waals surface area contributed by atoms with Crippen LogP contribution in [0.5, 0.6) is 5.75 Å². The molecule has 3 aromatic rings. The predicted octanol–water partition coefficient (Wildman–Crippen LogP) is 4.11. The molecule has 3 aromatic carbocycles. The zero-order valence-electron chi connectivity index (χ0n) is 14.1. The molecule has 1 N–H and O–H groups in total. The standard InChI is InChI=1S/C21H20N2O2/c1-25-20-15-9-8-10-17(20)16-21(24)22-23(18-11-4-2-5-12-18)19-13-6-3-7-14-19/h2-15H,16H2,1H3,(H,22,24). The number of ether oxygens (including phenoxy) is 1. The Labute approximate surface area is 147 Å². The van der Waals surface area contributed by atoms with E-state index >= 15 is 0 Å². The summed E-state index contributed by atoms with van der Waals surface area (Å²) in [6, 6.07) is 27.0. The Balaban J connectivity index is 1.82. The van der Waals surface area contributed by atoms with Crippen molar-refractivity contribution in [3.05, 3.63) is 90.5 Å². The van der Waals surface area contributed by atoms with E-state index < -0.39 is 0 Å². The summed E-state index contributed by atoms with van der Waals surface area (Å²) >= 11 is 0. The molecule has 0 fully saturated rings. The van der Waals surface area contributed by atoms with E-state index in [4.69, 9.17) is 4.74 Å². The molecular weight excluding hydrogens is 312 g/mol. The maximum absolute atomic E-state index is 12.6. The fraction of sp³-hybridized carbons (Fsp3) is 0.0952. The number of hydrazine groups is 1. The van der Waals surface area contributed by atoms with Gasteiger partial charge in [-0.2, -0.15) is 0 Å². The van der Waals surface area contributed by atoms with Gasteiger partial charge in [0.15, 0.2) is 0 Å². The van der Waals surface area contributed by atoms with Crippen LogP contribution in [-0.2, 0) is 11.2 Å². The summed E-state index contributed by atoms with van der Waals surface area (Å²) in [5.74, 6) is 0.598. The SMILES string of the molecule is COc1ccccc1CC(=O)NN(c1ccccc1)c1ccccc1. The Morgan fingerprint density at radius 1 is 0.840 bits per heavy atom. The number of amides is 1. The first kappa shape index (κ1) is 16.6. The van der Waals surface area contributed by atoms with E-state index in [0.29, 0.717) is 5.75 Å². The average molecular weight is 332 g/mol. The minimum Gasteiger partial charge on any atom is -0.496 e. The van der Waals surface area contributed by atoms with Crippen molar-refractivity contribution in [1.82, 2.24) is 5.43 Å². The van der Waals surface area contributed by atoms with Crippen LogP contribution >= 0.6 is 0 Å². The van der Waals surface area contributed by atoms with Gasteiger partial charge < -0.3 is 4.74 Å². The molecule has 0 bridgehead atoms. The number of anilines is 2. The number of rotatable bonds is 6. The van der Waals surface area contributed by atoms with Crippen LogP contribution in [-0.4, -0.2) is 13.0 Å². The lowest BCUT2D eigenvalue weighted by Crippen LogP contribution is -2.39. The molecule has 1 amide bonds. The van der Waals surface area contributed by atoms with Crippen LogP contribution in [0, 0.1) is 0 Å². The van der Waals surface area contributed by atoms with Crippen LogP contribution in [0.15, 0.2) is 84.9 Å². The van der Waals surface area contributed by atoms with Gasteiger partial charge in [0, 0.05) is 5.56 Å². The summed E-state index contributed by atoms with van der Waals surface area (Å²) in [4.78, 5) is 12.6. The Kier molecular flexibility index (Phi) is 5.32. The summed E-state index contributed by atoms with van der Waals surface area (Å²) in [6.45, 7) is 0. The van der Waals surface area contributed by atoms with Crippen molar-refractivity contribution in [2.75, 3.05) is 12.1 Å². The maximum atomic E-state index is 12.6. The minimum atomic E-state index is -0.114. The molecule has 0 saturated heterocycles. The zero-order chi connectivity index (χ0) is 17.5. The number of carbonyl (C=O) groups excluding carboxylic acids is 1. The van der Waals surface area contributed by atoms with Gasteiger partial charge >= 0.3 is 0 Å². The van der Waals surface area contributed by atoms with Crippen LogP contribution in [0.2, 0.25) is 0 Å². The molecule has 0 aromatic heterocycles. The molecule has 0 aliphatic heterocycles. The second kappa shape index (κ2) is 8.02. The minimum absolute atomic E-state index is 0.114. The second-order valence-electron chi connectivity index (χ2n) is 5.53. The highest BCUT2D eigenvalue weighted by Gasteiger charge is 2.14. The van der Waals surface area contributed by atoms with Crippen LogP contribution in [0.4, 0.5) is 11.4 Å². The first-order valence-corrected chi connectivity index (χ1v) is 8.09. The summed E-state index contributed by atoms with van der Waals surface area (Å²) in [7, 11) is 1.61. The van der Waals surface area contributed by atoms with Gasteiger partial charge in [-0.3, -0.25) is 15.2 Å². The van der Waals surface area contributed by atoms with E-state index in [1.54, 1.807) is 12.1 Å². The van der Waals surface area contributed by atoms with Crippen LogP contribution in [0.3, 0.4) is 0 Å². The third kappa shape index (κ3) is 4.18. The largest absolute Gasteiger partial charge is 0.496 e. The first-order valence-electron chi connectivity index (χ1n) is 8.09. The number of methoxy groups -OCH3 is 1. The lowest BCUT2D eigenvalue weighted by Gasteiger charge is -2.25. The smallest absolute Gasteiger partial charge is 0.243 e. The topological polar surface area (TPSA) is 41.6 Å². The van der Waals surface area contributed by atoms with Crippen LogP contribution in [0.25, 0.3) is 0 Å². The van der Waals surface area contributed by atoms with Crippen molar-refractivity contribution in [2.24, 2.45) is 0 Å². The fourth-order valence-corrected chi connectivity index (χ4v) is 2.62. The molecule has 0 heterocycles. The van der Waals surface area contributed by atoms with E-state index in [1.807, 2.05) is 84.9 Å². The lowest BCUT2D eigenvalue weighted by atomic mass is 10.1. The number of nitrogens with zero attached hydrogens (tertiary/aromatic N) is 1. The van der Waals surface area contributed by atoms with Gasteiger partial charge in [0.05, 0.1) is 24.9 Å². The van der Waals surface area contributed by atoms with Gasteiger partial charge in [-0.15, -0.1) is 0 Å². The molecule has 0 aliphatic rings. The van der Waals surface area contributed by atoms with Crippen molar-refractivity contribution < 1.29 is 9.53 Å².